The number of halogens is 1. The van der Waals surface area contributed by atoms with Crippen molar-refractivity contribution >= 4 is 30.3 Å². The van der Waals surface area contributed by atoms with Gasteiger partial charge in [-0.3, -0.25) is 14.8 Å². The minimum absolute atomic E-state index is 0. The van der Waals surface area contributed by atoms with Crippen LogP contribution in [-0.4, -0.2) is 65.4 Å². The van der Waals surface area contributed by atoms with Crippen molar-refractivity contribution in [2.75, 3.05) is 53.2 Å². The zero-order chi connectivity index (χ0) is 19.1. The molecule has 1 aliphatic heterocycles. The number of hydrazine groups is 1. The van der Waals surface area contributed by atoms with E-state index in [4.69, 9.17) is 18.9 Å². The predicted octanol–water partition coefficient (Wildman–Crippen LogP) is 2.52. The van der Waals surface area contributed by atoms with Gasteiger partial charge in [0, 0.05) is 31.8 Å². The summed E-state index contributed by atoms with van der Waals surface area (Å²) in [5, 5.41) is 4.02. The summed E-state index contributed by atoms with van der Waals surface area (Å²) in [5.41, 5.74) is 1.74. The largest absolute Gasteiger partial charge is 0.493 e. The minimum Gasteiger partial charge on any atom is -0.493 e. The lowest BCUT2D eigenvalue weighted by Gasteiger charge is -2.36. The maximum atomic E-state index is 11.5. The van der Waals surface area contributed by atoms with Gasteiger partial charge >= 0.3 is 5.97 Å². The van der Waals surface area contributed by atoms with Gasteiger partial charge in [-0.25, -0.2) is 5.01 Å². The molecule has 2 rings (SSSR count). The van der Waals surface area contributed by atoms with E-state index in [1.807, 2.05) is 23.1 Å². The summed E-state index contributed by atoms with van der Waals surface area (Å²) < 4.78 is 21.5. The fourth-order valence-electron chi connectivity index (χ4n) is 2.90. The maximum absolute atomic E-state index is 11.5. The zero-order valence-corrected chi connectivity index (χ0v) is 17.3. The normalized spacial score (nSPS) is 12.3. The van der Waals surface area contributed by atoms with Gasteiger partial charge in [0.2, 0.25) is 5.75 Å². The number of ether oxygens (including phenoxy) is 4. The fourth-order valence-corrected chi connectivity index (χ4v) is 2.90. The second kappa shape index (κ2) is 10.8. The van der Waals surface area contributed by atoms with Crippen LogP contribution in [0, 0.1) is 0 Å². The molecule has 0 saturated carbocycles. The Labute approximate surface area is 166 Å². The molecule has 0 N–H and O–H groups in total. The Morgan fingerprint density at radius 1 is 1.22 bits per heavy atom. The molecule has 9 heteroatoms. The van der Waals surface area contributed by atoms with E-state index in [1.165, 1.54) is 0 Å². The number of benzene rings is 1. The Morgan fingerprint density at radius 2 is 1.93 bits per heavy atom. The summed E-state index contributed by atoms with van der Waals surface area (Å²) in [5.74, 6) is 1.53. The molecule has 0 atom stereocenters. The number of carbonyl (C=O) groups is 1. The van der Waals surface area contributed by atoms with Gasteiger partial charge in [-0.2, -0.15) is 0 Å². The van der Waals surface area contributed by atoms with Crippen LogP contribution in [0.5, 0.6) is 17.2 Å². The average Bonchev–Trinajstić information content (AvgIpc) is 2.65. The van der Waals surface area contributed by atoms with E-state index < -0.39 is 0 Å². The van der Waals surface area contributed by atoms with Crippen LogP contribution in [0.15, 0.2) is 11.1 Å². The average molecular weight is 402 g/mol. The van der Waals surface area contributed by atoms with Crippen molar-refractivity contribution in [3.05, 3.63) is 11.6 Å². The van der Waals surface area contributed by atoms with Gasteiger partial charge in [-0.15, -0.1) is 12.4 Å². The molecule has 1 heterocycles. The van der Waals surface area contributed by atoms with Crippen LogP contribution in [0.3, 0.4) is 0 Å². The second-order valence-electron chi connectivity index (χ2n) is 5.73. The van der Waals surface area contributed by atoms with Crippen LogP contribution in [0.1, 0.15) is 25.3 Å². The van der Waals surface area contributed by atoms with Crippen molar-refractivity contribution in [2.45, 2.75) is 19.8 Å². The topological polar surface area (TPSA) is 72.8 Å². The first-order chi connectivity index (χ1) is 12.6. The molecule has 0 bridgehead atoms. The standard InChI is InChI=1S/C18H27N3O5.ClH/c1-6-26-15(22)8-7-9-20(2)21-12-19-11-13-10-14(23-3)17(24-4)18(25-5)16(13)21;/h10-11H,6-9,12H2,1-5H3;1H. The number of carbonyl (C=O) groups excluding carboxylic acids is 1. The molecule has 0 aliphatic carbocycles. The number of nitrogens with zero attached hydrogens (tertiary/aromatic N) is 3. The molecule has 1 aliphatic rings. The molecule has 27 heavy (non-hydrogen) atoms. The highest BCUT2D eigenvalue weighted by Crippen LogP contribution is 2.47. The van der Waals surface area contributed by atoms with Gasteiger partial charge in [-0.05, 0) is 19.4 Å². The number of esters is 1. The van der Waals surface area contributed by atoms with Crippen LogP contribution >= 0.6 is 12.4 Å². The third-order valence-electron chi connectivity index (χ3n) is 4.12. The minimum atomic E-state index is -0.179. The van der Waals surface area contributed by atoms with Crippen molar-refractivity contribution in [3.63, 3.8) is 0 Å². The summed E-state index contributed by atoms with van der Waals surface area (Å²) in [6, 6.07) is 1.87. The van der Waals surface area contributed by atoms with Gasteiger partial charge in [-0.1, -0.05) is 0 Å². The van der Waals surface area contributed by atoms with Gasteiger partial charge in [0.25, 0.3) is 0 Å². The molecule has 0 aromatic heterocycles. The summed E-state index contributed by atoms with van der Waals surface area (Å²) in [4.78, 5) is 15.9. The zero-order valence-electron chi connectivity index (χ0n) is 16.5. The molecular weight excluding hydrogens is 374 g/mol. The van der Waals surface area contributed by atoms with Gasteiger partial charge in [0.1, 0.15) is 12.4 Å². The van der Waals surface area contributed by atoms with Crippen LogP contribution in [0.25, 0.3) is 0 Å². The van der Waals surface area contributed by atoms with Crippen molar-refractivity contribution in [1.29, 1.82) is 0 Å². The number of anilines is 1. The fraction of sp³-hybridized carbons (Fsp3) is 0.556. The van der Waals surface area contributed by atoms with Crippen molar-refractivity contribution in [3.8, 4) is 17.2 Å². The number of rotatable bonds is 9. The maximum Gasteiger partial charge on any atom is 0.305 e. The third-order valence-corrected chi connectivity index (χ3v) is 4.12. The molecule has 0 radical (unpaired) electrons. The van der Waals surface area contributed by atoms with Crippen LogP contribution < -0.4 is 19.2 Å². The number of fused-ring (bicyclic) bond motifs is 1. The lowest BCUT2D eigenvalue weighted by molar-refractivity contribution is -0.143. The molecule has 0 amide bonds. The van der Waals surface area contributed by atoms with Crippen molar-refractivity contribution < 1.29 is 23.7 Å². The first-order valence-corrected chi connectivity index (χ1v) is 8.54. The summed E-state index contributed by atoms with van der Waals surface area (Å²) in [6.07, 6.45) is 2.86. The quantitative estimate of drug-likeness (QED) is 0.588. The van der Waals surface area contributed by atoms with Crippen LogP contribution in [0.2, 0.25) is 0 Å². The van der Waals surface area contributed by atoms with E-state index in [0.717, 1.165) is 11.3 Å². The third kappa shape index (κ3) is 5.17. The van der Waals surface area contributed by atoms with Gasteiger partial charge in [0.15, 0.2) is 11.5 Å². The Hall–Kier alpha value is -2.19. The Bertz CT molecular complexity index is 669. The Kier molecular flexibility index (Phi) is 9.17. The van der Waals surface area contributed by atoms with Crippen LogP contribution in [0.4, 0.5) is 5.69 Å². The Morgan fingerprint density at radius 3 is 2.52 bits per heavy atom. The number of hydrogen-bond acceptors (Lipinski definition) is 8. The summed E-state index contributed by atoms with van der Waals surface area (Å²) >= 11 is 0. The molecule has 0 spiro atoms. The molecule has 0 unspecified atom stereocenters. The lowest BCUT2D eigenvalue weighted by atomic mass is 10.1. The van der Waals surface area contributed by atoms with Gasteiger partial charge < -0.3 is 18.9 Å². The highest BCUT2D eigenvalue weighted by molar-refractivity contribution is 5.94. The van der Waals surface area contributed by atoms with E-state index in [2.05, 4.69) is 4.99 Å². The lowest BCUT2D eigenvalue weighted by Crippen LogP contribution is -2.43. The van der Waals surface area contributed by atoms with E-state index >= 15 is 0 Å². The predicted molar refractivity (Wildman–Crippen MR) is 107 cm³/mol. The van der Waals surface area contributed by atoms with E-state index in [-0.39, 0.29) is 18.4 Å². The van der Waals surface area contributed by atoms with Crippen LogP contribution in [-0.2, 0) is 9.53 Å². The SMILES string of the molecule is CCOC(=O)CCCN(C)N1CN=Cc2cc(OC)c(OC)c(OC)c21.Cl. The first-order valence-electron chi connectivity index (χ1n) is 8.54. The van der Waals surface area contributed by atoms with Crippen molar-refractivity contribution in [1.82, 2.24) is 5.01 Å². The smallest absolute Gasteiger partial charge is 0.305 e. The summed E-state index contributed by atoms with van der Waals surface area (Å²) in [6.45, 7) is 3.34. The highest BCUT2D eigenvalue weighted by Gasteiger charge is 2.28. The highest BCUT2D eigenvalue weighted by atomic mass is 35.5. The molecule has 0 fully saturated rings. The Balaban J connectivity index is 0.00000364. The molecular formula is C18H28ClN3O5. The molecule has 8 nitrogen and oxygen atoms in total. The van der Waals surface area contributed by atoms with Crippen molar-refractivity contribution in [2.24, 2.45) is 4.99 Å². The van der Waals surface area contributed by atoms with E-state index in [1.54, 1.807) is 34.5 Å². The second-order valence-corrected chi connectivity index (χ2v) is 5.73. The molecule has 1 aromatic rings. The number of hydrogen-bond donors (Lipinski definition) is 0. The molecule has 1 aromatic carbocycles. The number of aliphatic imine (C=N–C) groups is 1. The monoisotopic (exact) mass is 401 g/mol. The van der Waals surface area contributed by atoms with E-state index in [0.29, 0.717) is 49.9 Å². The number of methoxy groups -OCH3 is 3. The first kappa shape index (κ1) is 22.9. The van der Waals surface area contributed by atoms with E-state index in [9.17, 15) is 4.79 Å². The molecule has 152 valence electrons. The summed E-state index contributed by atoms with van der Waals surface area (Å²) in [7, 11) is 6.72. The van der Waals surface area contributed by atoms with Gasteiger partial charge in [0.05, 0.1) is 27.9 Å². The molecule has 0 saturated heterocycles.